The highest BCUT2D eigenvalue weighted by molar-refractivity contribution is 7.10. The van der Waals surface area contributed by atoms with E-state index in [1.54, 1.807) is 23.7 Å². The molecule has 2 aromatic rings. The first kappa shape index (κ1) is 10.9. The first-order valence-corrected chi connectivity index (χ1v) is 5.90. The second kappa shape index (κ2) is 4.49. The van der Waals surface area contributed by atoms with Crippen molar-refractivity contribution < 1.29 is 0 Å². The lowest BCUT2D eigenvalue weighted by molar-refractivity contribution is 0.740. The smallest absolute Gasteiger partial charge is 0.149 e. The first-order valence-electron chi connectivity index (χ1n) is 5.02. The molecule has 0 saturated carbocycles. The quantitative estimate of drug-likeness (QED) is 0.885. The van der Waals surface area contributed by atoms with E-state index in [9.17, 15) is 0 Å². The minimum absolute atomic E-state index is 0.274. The van der Waals surface area contributed by atoms with Crippen molar-refractivity contribution in [3.63, 3.8) is 0 Å². The van der Waals surface area contributed by atoms with Gasteiger partial charge in [0.15, 0.2) is 0 Å². The van der Waals surface area contributed by atoms with Crippen LogP contribution in [0.4, 0.5) is 11.6 Å². The van der Waals surface area contributed by atoms with Crippen molar-refractivity contribution in [2.45, 2.75) is 13.0 Å². The summed E-state index contributed by atoms with van der Waals surface area (Å²) in [5.74, 6) is 1.24. The van der Waals surface area contributed by atoms with Crippen molar-refractivity contribution in [2.24, 2.45) is 0 Å². The standard InChI is InChI=1S/C11H14N4S/c1-8(9-4-3-5-16-9)15(2)11-7-13-6-10(12)14-11/h3-8H,1-2H3,(H2,12,14). The Labute approximate surface area is 98.8 Å². The van der Waals surface area contributed by atoms with Crippen LogP contribution in [0.15, 0.2) is 29.9 Å². The summed E-state index contributed by atoms with van der Waals surface area (Å²) >= 11 is 1.74. The maximum absolute atomic E-state index is 5.62. The Kier molecular flexibility index (Phi) is 3.05. The van der Waals surface area contributed by atoms with E-state index in [0.29, 0.717) is 5.82 Å². The topological polar surface area (TPSA) is 55.0 Å². The summed E-state index contributed by atoms with van der Waals surface area (Å²) in [5.41, 5.74) is 5.62. The van der Waals surface area contributed by atoms with E-state index < -0.39 is 0 Å². The normalized spacial score (nSPS) is 12.4. The molecule has 84 valence electrons. The van der Waals surface area contributed by atoms with E-state index in [1.165, 1.54) is 4.88 Å². The highest BCUT2D eigenvalue weighted by Gasteiger charge is 2.14. The molecule has 0 aliphatic rings. The van der Waals surface area contributed by atoms with Gasteiger partial charge in [-0.25, -0.2) is 4.98 Å². The molecule has 0 amide bonds. The third kappa shape index (κ3) is 2.14. The van der Waals surface area contributed by atoms with Crippen molar-refractivity contribution in [1.29, 1.82) is 0 Å². The van der Waals surface area contributed by atoms with Crippen LogP contribution in [0, 0.1) is 0 Å². The fourth-order valence-electron chi connectivity index (χ4n) is 1.46. The lowest BCUT2D eigenvalue weighted by Gasteiger charge is -2.24. The van der Waals surface area contributed by atoms with E-state index in [0.717, 1.165) is 5.82 Å². The molecular formula is C11H14N4S. The molecule has 0 fully saturated rings. The van der Waals surface area contributed by atoms with Crippen LogP contribution in [0.2, 0.25) is 0 Å². The highest BCUT2D eigenvalue weighted by atomic mass is 32.1. The maximum Gasteiger partial charge on any atom is 0.149 e. The van der Waals surface area contributed by atoms with Crippen LogP contribution in [0.5, 0.6) is 0 Å². The predicted molar refractivity (Wildman–Crippen MR) is 67.6 cm³/mol. The molecule has 0 spiro atoms. The van der Waals surface area contributed by atoms with Crippen LogP contribution in [-0.4, -0.2) is 17.0 Å². The van der Waals surface area contributed by atoms with Crippen LogP contribution in [0.3, 0.4) is 0 Å². The summed E-state index contributed by atoms with van der Waals surface area (Å²) in [6.07, 6.45) is 3.27. The van der Waals surface area contributed by atoms with Crippen LogP contribution < -0.4 is 10.6 Å². The van der Waals surface area contributed by atoms with Crippen LogP contribution >= 0.6 is 11.3 Å². The van der Waals surface area contributed by atoms with E-state index >= 15 is 0 Å². The number of nitrogens with two attached hydrogens (primary N) is 1. The maximum atomic E-state index is 5.62. The van der Waals surface area contributed by atoms with Gasteiger partial charge >= 0.3 is 0 Å². The Morgan fingerprint density at radius 3 is 2.88 bits per heavy atom. The summed E-state index contributed by atoms with van der Waals surface area (Å²) in [7, 11) is 1.99. The summed E-state index contributed by atoms with van der Waals surface area (Å²) < 4.78 is 0. The molecular weight excluding hydrogens is 220 g/mol. The second-order valence-electron chi connectivity index (χ2n) is 3.60. The summed E-state index contributed by atoms with van der Waals surface area (Å²) in [5, 5.41) is 2.07. The third-order valence-corrected chi connectivity index (χ3v) is 3.58. The zero-order chi connectivity index (χ0) is 11.5. The molecule has 0 radical (unpaired) electrons. The lowest BCUT2D eigenvalue weighted by Crippen LogP contribution is -2.22. The van der Waals surface area contributed by atoms with E-state index in [1.807, 2.05) is 7.05 Å². The lowest BCUT2D eigenvalue weighted by atomic mass is 10.2. The molecule has 0 aliphatic heterocycles. The Balaban J connectivity index is 2.22. The second-order valence-corrected chi connectivity index (χ2v) is 4.58. The molecule has 1 atom stereocenters. The summed E-state index contributed by atoms with van der Waals surface area (Å²) in [4.78, 5) is 11.7. The summed E-state index contributed by atoms with van der Waals surface area (Å²) in [6, 6.07) is 4.44. The Bertz CT molecular complexity index is 455. The molecule has 5 heteroatoms. The Morgan fingerprint density at radius 2 is 2.25 bits per heavy atom. The zero-order valence-electron chi connectivity index (χ0n) is 9.29. The van der Waals surface area contributed by atoms with Gasteiger partial charge in [0, 0.05) is 11.9 Å². The fourth-order valence-corrected chi connectivity index (χ4v) is 2.28. The monoisotopic (exact) mass is 234 g/mol. The molecule has 0 saturated heterocycles. The molecule has 1 unspecified atom stereocenters. The van der Waals surface area contributed by atoms with Gasteiger partial charge in [0.1, 0.15) is 11.6 Å². The van der Waals surface area contributed by atoms with Crippen molar-refractivity contribution in [3.8, 4) is 0 Å². The van der Waals surface area contributed by atoms with E-state index in [2.05, 4.69) is 39.3 Å². The van der Waals surface area contributed by atoms with Crippen molar-refractivity contribution in [3.05, 3.63) is 34.8 Å². The average molecular weight is 234 g/mol. The van der Waals surface area contributed by atoms with Crippen molar-refractivity contribution >= 4 is 23.0 Å². The largest absolute Gasteiger partial charge is 0.382 e. The first-order chi connectivity index (χ1) is 7.68. The number of hydrogen-bond donors (Lipinski definition) is 1. The molecule has 0 aromatic carbocycles. The molecule has 2 aromatic heterocycles. The van der Waals surface area contributed by atoms with Gasteiger partial charge in [0.2, 0.25) is 0 Å². The highest BCUT2D eigenvalue weighted by Crippen LogP contribution is 2.26. The number of aromatic nitrogens is 2. The number of thiophene rings is 1. The predicted octanol–water partition coefficient (Wildman–Crippen LogP) is 2.32. The molecule has 2 heterocycles. The van der Waals surface area contributed by atoms with Gasteiger partial charge in [-0.3, -0.25) is 4.98 Å². The zero-order valence-corrected chi connectivity index (χ0v) is 10.1. The number of hydrogen-bond acceptors (Lipinski definition) is 5. The molecule has 2 rings (SSSR count). The van der Waals surface area contributed by atoms with E-state index in [-0.39, 0.29) is 6.04 Å². The van der Waals surface area contributed by atoms with Gasteiger partial charge in [0.05, 0.1) is 18.4 Å². The van der Waals surface area contributed by atoms with Crippen LogP contribution in [0.1, 0.15) is 17.8 Å². The molecule has 0 bridgehead atoms. The Hall–Kier alpha value is -1.62. The van der Waals surface area contributed by atoms with Crippen molar-refractivity contribution in [1.82, 2.24) is 9.97 Å². The van der Waals surface area contributed by atoms with Gasteiger partial charge in [-0.05, 0) is 18.4 Å². The van der Waals surface area contributed by atoms with Crippen molar-refractivity contribution in [2.75, 3.05) is 17.7 Å². The average Bonchev–Trinajstić information content (AvgIpc) is 2.80. The fraction of sp³-hybridized carbons (Fsp3) is 0.273. The van der Waals surface area contributed by atoms with Gasteiger partial charge in [0.25, 0.3) is 0 Å². The van der Waals surface area contributed by atoms with Crippen LogP contribution in [-0.2, 0) is 0 Å². The summed E-state index contributed by atoms with van der Waals surface area (Å²) in [6.45, 7) is 2.14. The van der Waals surface area contributed by atoms with E-state index in [4.69, 9.17) is 5.73 Å². The third-order valence-electron chi connectivity index (χ3n) is 2.54. The van der Waals surface area contributed by atoms with Gasteiger partial charge in [-0.15, -0.1) is 11.3 Å². The molecule has 4 nitrogen and oxygen atoms in total. The molecule has 2 N–H and O–H groups in total. The number of rotatable bonds is 3. The van der Waals surface area contributed by atoms with Gasteiger partial charge in [-0.2, -0.15) is 0 Å². The molecule has 0 aliphatic carbocycles. The molecule has 16 heavy (non-hydrogen) atoms. The van der Waals surface area contributed by atoms with Crippen LogP contribution in [0.25, 0.3) is 0 Å². The minimum Gasteiger partial charge on any atom is -0.382 e. The number of nitrogen functional groups attached to an aromatic ring is 1. The van der Waals surface area contributed by atoms with Gasteiger partial charge < -0.3 is 10.6 Å². The SMILES string of the molecule is CC(c1cccs1)N(C)c1cncc(N)n1. The Morgan fingerprint density at radius 1 is 1.44 bits per heavy atom. The number of nitrogens with zero attached hydrogens (tertiary/aromatic N) is 3. The van der Waals surface area contributed by atoms with Gasteiger partial charge in [-0.1, -0.05) is 6.07 Å². The minimum atomic E-state index is 0.274. The number of anilines is 2.